The largest absolute Gasteiger partial charge is 0.542 e. The van der Waals surface area contributed by atoms with Crippen molar-refractivity contribution in [2.45, 2.75) is 23.4 Å². The summed E-state index contributed by atoms with van der Waals surface area (Å²) >= 11 is 0. The van der Waals surface area contributed by atoms with Crippen molar-refractivity contribution < 1.29 is 78.9 Å². The number of fused-ring (bicyclic) bond motifs is 2. The molecule has 0 saturated carbocycles. The highest BCUT2D eigenvalue weighted by molar-refractivity contribution is 8.05. The summed E-state index contributed by atoms with van der Waals surface area (Å²) in [6.45, 7) is 7.20. The van der Waals surface area contributed by atoms with E-state index in [1.54, 1.807) is 0 Å². The van der Waals surface area contributed by atoms with E-state index in [-0.39, 0.29) is 0 Å². The fourth-order valence-corrected chi connectivity index (χ4v) is 6.08. The third-order valence-corrected chi connectivity index (χ3v) is 8.29. The number of carboxylic acid groups (broad SMARTS) is 2. The normalized spacial score (nSPS) is 17.8. The molecule has 0 amide bonds. The predicted octanol–water partition coefficient (Wildman–Crippen LogP) is -1.09. The summed E-state index contributed by atoms with van der Waals surface area (Å²) in [5, 5.41) is 22.6. The summed E-state index contributed by atoms with van der Waals surface area (Å²) in [4.78, 5) is 39.1. The molecule has 0 aromatic heterocycles. The second-order valence-electron chi connectivity index (χ2n) is 9.83. The molecule has 0 bridgehead atoms. The number of aliphatic carboxylic acids is 2. The van der Waals surface area contributed by atoms with E-state index in [0.717, 1.165) is 63.7 Å². The van der Waals surface area contributed by atoms with Crippen LogP contribution in [0.4, 0.5) is 56.6 Å². The number of benzene rings is 2. The van der Waals surface area contributed by atoms with E-state index in [1.807, 2.05) is 36.4 Å². The van der Waals surface area contributed by atoms with Crippen molar-refractivity contribution >= 4 is 45.7 Å². The van der Waals surface area contributed by atoms with Crippen LogP contribution >= 0.6 is 10.8 Å². The highest BCUT2D eigenvalue weighted by Crippen LogP contribution is 2.43. The van der Waals surface area contributed by atoms with Crippen molar-refractivity contribution in [2.75, 3.05) is 62.2 Å². The molecular formula is C26H26F9N5O6S. The lowest BCUT2D eigenvalue weighted by Gasteiger charge is -2.29. The molecule has 2 saturated heterocycles. The van der Waals surface area contributed by atoms with E-state index in [1.165, 1.54) is 0 Å². The molecule has 1 unspecified atom stereocenters. The Morgan fingerprint density at radius 1 is 0.702 bits per heavy atom. The lowest BCUT2D eigenvalue weighted by Crippen LogP contribution is -2.89. The van der Waals surface area contributed by atoms with Crippen molar-refractivity contribution in [1.82, 2.24) is 0 Å². The van der Waals surface area contributed by atoms with Gasteiger partial charge in [-0.05, 0) is 36.4 Å². The van der Waals surface area contributed by atoms with Gasteiger partial charge in [-0.25, -0.2) is 9.79 Å². The number of anilines is 2. The molecule has 47 heavy (non-hydrogen) atoms. The maximum absolute atomic E-state index is 13.2. The maximum Gasteiger partial charge on any atom is 0.492 e. The molecule has 260 valence electrons. The molecule has 21 heteroatoms. The topological polar surface area (TPSA) is 159 Å². The zero-order valence-corrected chi connectivity index (χ0v) is 24.7. The first kappa shape index (κ1) is 37.3. The quantitative estimate of drug-likeness (QED) is 0.301. The molecule has 2 aromatic rings. The maximum atomic E-state index is 13.2. The van der Waals surface area contributed by atoms with Crippen LogP contribution in [0.1, 0.15) is 0 Å². The van der Waals surface area contributed by atoms with Crippen molar-refractivity contribution in [2.24, 2.45) is 4.99 Å². The van der Waals surface area contributed by atoms with Crippen LogP contribution < -0.4 is 36.0 Å². The second-order valence-corrected chi connectivity index (χ2v) is 11.4. The third kappa shape index (κ3) is 10.4. The average Bonchev–Trinajstić information content (AvgIpc) is 3.00. The highest BCUT2D eigenvalue weighted by atomic mass is 32.2. The smallest absolute Gasteiger partial charge is 0.492 e. The number of carbonyl (C=O) groups excluding carboxylic acids is 3. The van der Waals surface area contributed by atoms with Gasteiger partial charge in [0.1, 0.15) is 11.9 Å². The van der Waals surface area contributed by atoms with Crippen molar-refractivity contribution in [1.29, 1.82) is 0 Å². The van der Waals surface area contributed by atoms with Gasteiger partial charge in [-0.3, -0.25) is 0 Å². The zero-order valence-electron chi connectivity index (χ0n) is 23.9. The number of alkyl halides is 9. The SMILES string of the molecule is O=C(OS1=c2cc(N3CC[NH2+]CC3)ccc2=Nc2ccc(N3CC[NH2+]CC3)cc21)C(F)(F)F.O=C([O-])C(F)(F)F.O=C([O-])C(F)(F)F. The van der Waals surface area contributed by atoms with E-state index < -0.39 is 47.2 Å². The molecule has 3 aliphatic heterocycles. The lowest BCUT2D eigenvalue weighted by atomic mass is 10.2. The van der Waals surface area contributed by atoms with Crippen LogP contribution in [0.25, 0.3) is 0 Å². The molecule has 4 N–H and O–H groups in total. The first-order valence-electron chi connectivity index (χ1n) is 13.5. The van der Waals surface area contributed by atoms with Gasteiger partial charge in [0.2, 0.25) is 0 Å². The fourth-order valence-electron chi connectivity index (χ4n) is 4.36. The first-order chi connectivity index (χ1) is 21.8. The van der Waals surface area contributed by atoms with Gasteiger partial charge in [0.15, 0.2) is 0 Å². The lowest BCUT2D eigenvalue weighted by molar-refractivity contribution is -0.655. The first-order valence-corrected chi connectivity index (χ1v) is 14.7. The Labute approximate surface area is 261 Å². The van der Waals surface area contributed by atoms with E-state index in [9.17, 15) is 44.3 Å². The summed E-state index contributed by atoms with van der Waals surface area (Å²) < 4.78 is 108. The summed E-state index contributed by atoms with van der Waals surface area (Å²) in [5.74, 6) is -8.19. The van der Waals surface area contributed by atoms with Crippen molar-refractivity contribution in [3.8, 4) is 0 Å². The minimum Gasteiger partial charge on any atom is -0.542 e. The predicted molar refractivity (Wildman–Crippen MR) is 140 cm³/mol. The number of piperazine rings is 2. The summed E-state index contributed by atoms with van der Waals surface area (Å²) in [6.07, 6.45) is -15.5. The van der Waals surface area contributed by atoms with Gasteiger partial charge in [-0.1, -0.05) is 0 Å². The number of rotatable bonds is 3. The van der Waals surface area contributed by atoms with Gasteiger partial charge < -0.3 is 44.4 Å². The van der Waals surface area contributed by atoms with Gasteiger partial charge in [0, 0.05) is 22.1 Å². The van der Waals surface area contributed by atoms with Gasteiger partial charge in [-0.15, -0.1) is 0 Å². The number of hydrogen-bond donors (Lipinski definition) is 2. The molecule has 2 aromatic carbocycles. The van der Waals surface area contributed by atoms with Crippen LogP contribution in [0.15, 0.2) is 46.3 Å². The fraction of sp³-hybridized carbons (Fsp3) is 0.423. The number of quaternary nitrogens is 2. The van der Waals surface area contributed by atoms with Crippen LogP contribution in [-0.2, 0) is 18.6 Å². The molecule has 3 aliphatic rings. The highest BCUT2D eigenvalue weighted by Gasteiger charge is 2.42. The molecule has 3 heterocycles. The number of carbonyl (C=O) groups is 3. The van der Waals surface area contributed by atoms with Crippen LogP contribution in [0.3, 0.4) is 0 Å². The Balaban J connectivity index is 0.000000360. The number of hydrogen-bond acceptors (Lipinski definition) is 9. The van der Waals surface area contributed by atoms with Gasteiger partial charge in [-0.2, -0.15) is 39.5 Å². The minimum absolute atomic E-state index is 0.510. The summed E-state index contributed by atoms with van der Waals surface area (Å²) in [7, 11) is -1.53. The Kier molecular flexibility index (Phi) is 12.1. The Morgan fingerprint density at radius 3 is 1.55 bits per heavy atom. The minimum atomic E-state index is -5.19. The molecule has 5 rings (SSSR count). The Bertz CT molecular complexity index is 1570. The zero-order chi connectivity index (χ0) is 35.2. The molecule has 11 nitrogen and oxygen atoms in total. The number of carboxylic acids is 2. The standard InChI is InChI=1S/C22H24F3N5O2S.2C2HF3O2/c23-22(24,25)21(31)32-33-19-13-15(29-9-5-26-6-10-29)1-3-17(19)28-18-4-2-16(14-20(18)33)30-11-7-27-8-12-30;2*3-2(4,5)1(6)7/h1-4,13-14,26-27H,5-12H2;2*(H,6,7). The summed E-state index contributed by atoms with van der Waals surface area (Å²) in [5.41, 5.74) is 2.35. The van der Waals surface area contributed by atoms with Gasteiger partial charge in [0.25, 0.3) is 0 Å². The third-order valence-electron chi connectivity index (χ3n) is 6.52. The van der Waals surface area contributed by atoms with E-state index in [0.29, 0.717) is 20.5 Å². The molecule has 0 aliphatic carbocycles. The van der Waals surface area contributed by atoms with Crippen LogP contribution in [-0.4, -0.2) is 88.8 Å². The monoisotopic (exact) mass is 707 g/mol. The van der Waals surface area contributed by atoms with E-state index in [2.05, 4.69) is 25.4 Å². The summed E-state index contributed by atoms with van der Waals surface area (Å²) in [6, 6.07) is 11.2. The number of nitrogens with two attached hydrogens (primary N) is 2. The molecule has 0 spiro atoms. The van der Waals surface area contributed by atoms with Crippen LogP contribution in [0.2, 0.25) is 0 Å². The molecule has 2 fully saturated rings. The second kappa shape index (κ2) is 15.2. The van der Waals surface area contributed by atoms with Gasteiger partial charge in [0.05, 0.1) is 72.8 Å². The van der Waals surface area contributed by atoms with Gasteiger partial charge >= 0.3 is 24.5 Å². The average molecular weight is 708 g/mol. The van der Waals surface area contributed by atoms with E-state index in [4.69, 9.17) is 24.0 Å². The van der Waals surface area contributed by atoms with Crippen molar-refractivity contribution in [3.05, 3.63) is 46.3 Å². The number of halogens is 9. The molecule has 1 atom stereocenters. The van der Waals surface area contributed by atoms with Crippen LogP contribution in [0, 0.1) is 4.51 Å². The van der Waals surface area contributed by atoms with E-state index >= 15 is 0 Å². The molecule has 0 radical (unpaired) electrons. The van der Waals surface area contributed by atoms with Crippen molar-refractivity contribution in [3.63, 3.8) is 0 Å². The number of nitrogens with zero attached hydrogens (tertiary/aromatic N) is 3. The Hall–Kier alpha value is -4.11. The Morgan fingerprint density at radius 2 is 1.13 bits per heavy atom. The van der Waals surface area contributed by atoms with Crippen LogP contribution in [0.5, 0.6) is 0 Å². The molecular weight excluding hydrogens is 681 g/mol.